The van der Waals surface area contributed by atoms with E-state index in [0.717, 1.165) is 22.7 Å². The molecule has 0 aliphatic rings. The number of rotatable bonds is 6. The Morgan fingerprint density at radius 1 is 1.37 bits per heavy atom. The minimum atomic E-state index is -0.861. The van der Waals surface area contributed by atoms with Crippen molar-refractivity contribution in [2.24, 2.45) is 0 Å². The summed E-state index contributed by atoms with van der Waals surface area (Å²) in [5.41, 5.74) is 1.57. The Balaban J connectivity index is 2.09. The summed E-state index contributed by atoms with van der Waals surface area (Å²) < 4.78 is 5.51. The number of aromatic nitrogens is 1. The molecule has 4 nitrogen and oxygen atoms in total. The van der Waals surface area contributed by atoms with Crippen LogP contribution in [0.3, 0.4) is 0 Å². The second-order valence-corrected chi connectivity index (χ2v) is 4.95. The molecule has 1 N–H and O–H groups in total. The number of hydrogen-bond donors (Lipinski definition) is 1. The lowest BCUT2D eigenvalue weighted by Gasteiger charge is -2.04. The zero-order chi connectivity index (χ0) is 13.7. The maximum Gasteiger partial charge on any atom is 0.309 e. The van der Waals surface area contributed by atoms with Gasteiger partial charge in [0.05, 0.1) is 18.7 Å². The third kappa shape index (κ3) is 3.79. The van der Waals surface area contributed by atoms with E-state index < -0.39 is 5.97 Å². The van der Waals surface area contributed by atoms with Crippen LogP contribution in [-0.4, -0.2) is 22.7 Å². The van der Waals surface area contributed by atoms with Crippen LogP contribution in [0.4, 0.5) is 0 Å². The van der Waals surface area contributed by atoms with Crippen LogP contribution in [-0.2, 0) is 11.2 Å². The standard InChI is InChI=1S/C14H15NO3S/c1-2-7-18-12-5-3-10(4-6-12)14-15-11(9-19-14)8-13(16)17/h3-6,9H,2,7-8H2,1H3,(H,16,17). The van der Waals surface area contributed by atoms with Gasteiger partial charge >= 0.3 is 5.97 Å². The molecular weight excluding hydrogens is 262 g/mol. The van der Waals surface area contributed by atoms with Crippen LogP contribution in [0, 0.1) is 0 Å². The highest BCUT2D eigenvalue weighted by atomic mass is 32.1. The molecule has 1 aromatic heterocycles. The van der Waals surface area contributed by atoms with Crippen molar-refractivity contribution in [2.75, 3.05) is 6.61 Å². The van der Waals surface area contributed by atoms with E-state index in [4.69, 9.17) is 9.84 Å². The van der Waals surface area contributed by atoms with Crippen LogP contribution in [0.2, 0.25) is 0 Å². The summed E-state index contributed by atoms with van der Waals surface area (Å²) in [5, 5.41) is 11.3. The number of carboxylic acids is 1. The summed E-state index contributed by atoms with van der Waals surface area (Å²) >= 11 is 1.45. The Morgan fingerprint density at radius 3 is 2.74 bits per heavy atom. The molecule has 0 unspecified atom stereocenters. The van der Waals surface area contributed by atoms with Gasteiger partial charge in [0, 0.05) is 10.9 Å². The third-order valence-corrected chi connectivity index (χ3v) is 3.40. The van der Waals surface area contributed by atoms with Crippen LogP contribution in [0.15, 0.2) is 29.6 Å². The van der Waals surface area contributed by atoms with Crippen molar-refractivity contribution < 1.29 is 14.6 Å². The van der Waals surface area contributed by atoms with E-state index >= 15 is 0 Å². The highest BCUT2D eigenvalue weighted by Gasteiger charge is 2.07. The predicted octanol–water partition coefficient (Wildman–Crippen LogP) is 3.23. The molecule has 0 atom stereocenters. The summed E-state index contributed by atoms with van der Waals surface area (Å²) in [5.74, 6) is -0.0203. The summed E-state index contributed by atoms with van der Waals surface area (Å²) in [4.78, 5) is 14.9. The second-order valence-electron chi connectivity index (χ2n) is 4.09. The highest BCUT2D eigenvalue weighted by Crippen LogP contribution is 2.26. The van der Waals surface area contributed by atoms with Crippen molar-refractivity contribution in [1.82, 2.24) is 4.98 Å². The Bertz CT molecular complexity index is 548. The first-order valence-corrected chi connectivity index (χ1v) is 6.96. The van der Waals surface area contributed by atoms with Gasteiger partial charge in [-0.3, -0.25) is 4.79 Å². The fraction of sp³-hybridized carbons (Fsp3) is 0.286. The molecule has 0 saturated heterocycles. The van der Waals surface area contributed by atoms with Crippen LogP contribution >= 0.6 is 11.3 Å². The number of thiazole rings is 1. The molecule has 2 rings (SSSR count). The number of hydrogen-bond acceptors (Lipinski definition) is 4. The third-order valence-electron chi connectivity index (χ3n) is 2.46. The normalized spacial score (nSPS) is 10.4. The predicted molar refractivity (Wildman–Crippen MR) is 74.7 cm³/mol. The number of carboxylic acid groups (broad SMARTS) is 1. The van der Waals surface area contributed by atoms with Crippen LogP contribution < -0.4 is 4.74 Å². The van der Waals surface area contributed by atoms with E-state index in [2.05, 4.69) is 11.9 Å². The van der Waals surface area contributed by atoms with Gasteiger partial charge in [-0.2, -0.15) is 0 Å². The van der Waals surface area contributed by atoms with Gasteiger partial charge in [-0.05, 0) is 30.7 Å². The molecule has 0 radical (unpaired) electrons. The van der Waals surface area contributed by atoms with E-state index in [-0.39, 0.29) is 6.42 Å². The van der Waals surface area contributed by atoms with E-state index in [9.17, 15) is 4.79 Å². The SMILES string of the molecule is CCCOc1ccc(-c2nc(CC(=O)O)cs2)cc1. The Labute approximate surface area is 115 Å². The lowest BCUT2D eigenvalue weighted by Crippen LogP contribution is -1.99. The first-order chi connectivity index (χ1) is 9.19. The Hall–Kier alpha value is -1.88. The monoisotopic (exact) mass is 277 g/mol. The number of benzene rings is 1. The molecule has 2 aromatic rings. The molecule has 0 aliphatic heterocycles. The fourth-order valence-electron chi connectivity index (χ4n) is 1.59. The summed E-state index contributed by atoms with van der Waals surface area (Å²) in [6.45, 7) is 2.77. The molecule has 19 heavy (non-hydrogen) atoms. The van der Waals surface area contributed by atoms with Gasteiger partial charge in [0.25, 0.3) is 0 Å². The van der Waals surface area contributed by atoms with Crippen LogP contribution in [0.25, 0.3) is 10.6 Å². The number of carbonyl (C=O) groups is 1. The molecule has 100 valence electrons. The summed E-state index contributed by atoms with van der Waals surface area (Å²) in [6.07, 6.45) is 0.945. The Morgan fingerprint density at radius 2 is 2.11 bits per heavy atom. The largest absolute Gasteiger partial charge is 0.494 e. The smallest absolute Gasteiger partial charge is 0.309 e. The Kier molecular flexibility index (Phi) is 4.52. The molecule has 1 heterocycles. The quantitative estimate of drug-likeness (QED) is 0.880. The van der Waals surface area contributed by atoms with Gasteiger partial charge in [-0.15, -0.1) is 11.3 Å². The number of nitrogens with zero attached hydrogens (tertiary/aromatic N) is 1. The molecule has 0 fully saturated rings. The maximum atomic E-state index is 10.6. The van der Waals surface area contributed by atoms with Crippen molar-refractivity contribution >= 4 is 17.3 Å². The van der Waals surface area contributed by atoms with Crippen molar-refractivity contribution in [3.63, 3.8) is 0 Å². The van der Waals surface area contributed by atoms with Gasteiger partial charge in [-0.25, -0.2) is 4.98 Å². The molecular formula is C14H15NO3S. The van der Waals surface area contributed by atoms with E-state index in [1.165, 1.54) is 11.3 Å². The van der Waals surface area contributed by atoms with Crippen molar-refractivity contribution in [2.45, 2.75) is 19.8 Å². The first kappa shape index (κ1) is 13.5. The lowest BCUT2D eigenvalue weighted by molar-refractivity contribution is -0.136. The fourth-order valence-corrected chi connectivity index (χ4v) is 2.42. The van der Waals surface area contributed by atoms with Gasteiger partial charge in [-0.1, -0.05) is 6.92 Å². The summed E-state index contributed by atoms with van der Waals surface area (Å²) in [7, 11) is 0. The first-order valence-electron chi connectivity index (χ1n) is 6.08. The molecule has 0 saturated carbocycles. The topological polar surface area (TPSA) is 59.4 Å². The van der Waals surface area contributed by atoms with Gasteiger partial charge in [0.2, 0.25) is 0 Å². The zero-order valence-corrected chi connectivity index (χ0v) is 11.4. The number of ether oxygens (including phenoxy) is 1. The minimum Gasteiger partial charge on any atom is -0.494 e. The van der Waals surface area contributed by atoms with E-state index in [1.54, 1.807) is 5.38 Å². The molecule has 5 heteroatoms. The van der Waals surface area contributed by atoms with Crippen molar-refractivity contribution in [3.8, 4) is 16.3 Å². The molecule has 0 bridgehead atoms. The second kappa shape index (κ2) is 6.33. The molecule has 0 amide bonds. The maximum absolute atomic E-state index is 10.6. The minimum absolute atomic E-state index is 0.0335. The number of aliphatic carboxylic acids is 1. The molecule has 0 spiro atoms. The molecule has 0 aliphatic carbocycles. The zero-order valence-electron chi connectivity index (χ0n) is 10.6. The van der Waals surface area contributed by atoms with Gasteiger partial charge in [0.1, 0.15) is 10.8 Å². The summed E-state index contributed by atoms with van der Waals surface area (Å²) in [6, 6.07) is 7.69. The average Bonchev–Trinajstić information content (AvgIpc) is 2.84. The van der Waals surface area contributed by atoms with Crippen molar-refractivity contribution in [1.29, 1.82) is 0 Å². The molecule has 1 aromatic carbocycles. The van der Waals surface area contributed by atoms with E-state index in [0.29, 0.717) is 12.3 Å². The highest BCUT2D eigenvalue weighted by molar-refractivity contribution is 7.13. The van der Waals surface area contributed by atoms with Crippen LogP contribution in [0.1, 0.15) is 19.0 Å². The van der Waals surface area contributed by atoms with E-state index in [1.807, 2.05) is 24.3 Å². The lowest BCUT2D eigenvalue weighted by atomic mass is 10.2. The van der Waals surface area contributed by atoms with Crippen LogP contribution in [0.5, 0.6) is 5.75 Å². The average molecular weight is 277 g/mol. The van der Waals surface area contributed by atoms with Gasteiger partial charge in [0.15, 0.2) is 0 Å². The van der Waals surface area contributed by atoms with Gasteiger partial charge < -0.3 is 9.84 Å². The van der Waals surface area contributed by atoms with Crippen molar-refractivity contribution in [3.05, 3.63) is 35.3 Å².